The third-order valence-electron chi connectivity index (χ3n) is 2.78. The van der Waals surface area contributed by atoms with E-state index >= 15 is 0 Å². The summed E-state index contributed by atoms with van der Waals surface area (Å²) >= 11 is 0. The molecule has 1 saturated heterocycles. The Hall–Kier alpha value is -0.610. The molecule has 1 heterocycles. The molecule has 0 aromatic carbocycles. The predicted octanol–water partition coefficient (Wildman–Crippen LogP) is 0.161. The van der Waals surface area contributed by atoms with Crippen LogP contribution in [0.15, 0.2) is 0 Å². The Morgan fingerprint density at radius 3 is 2.38 bits per heavy atom. The Balaban J connectivity index is 2.80. The quantitative estimate of drug-likeness (QED) is 0.646. The fourth-order valence-corrected chi connectivity index (χ4v) is 1.91. The molecule has 0 aromatic heterocycles. The van der Waals surface area contributed by atoms with Crippen molar-refractivity contribution in [3.8, 4) is 0 Å². The van der Waals surface area contributed by atoms with Gasteiger partial charge < -0.3 is 10.2 Å². The van der Waals surface area contributed by atoms with Crippen LogP contribution in [0.3, 0.4) is 0 Å². The van der Waals surface area contributed by atoms with Gasteiger partial charge in [-0.2, -0.15) is 0 Å². The topological polar surface area (TPSA) is 60.8 Å². The van der Waals surface area contributed by atoms with Crippen molar-refractivity contribution in [2.75, 3.05) is 6.54 Å². The summed E-state index contributed by atoms with van der Waals surface area (Å²) in [4.78, 5) is 12.8. The summed E-state index contributed by atoms with van der Waals surface area (Å²) in [6.07, 6.45) is -0.511. The van der Waals surface area contributed by atoms with E-state index in [9.17, 15) is 9.90 Å². The Morgan fingerprint density at radius 1 is 1.54 bits per heavy atom. The molecule has 1 aliphatic rings. The summed E-state index contributed by atoms with van der Waals surface area (Å²) in [5.74, 6) is -1.02. The highest BCUT2D eigenvalue weighted by atomic mass is 16.4. The smallest absolute Gasteiger partial charge is 0.321 e. The van der Waals surface area contributed by atoms with Gasteiger partial charge in [-0.15, -0.1) is 0 Å². The molecule has 0 unspecified atom stereocenters. The minimum absolute atomic E-state index is 0.167. The maximum Gasteiger partial charge on any atom is 0.321 e. The molecule has 1 fully saturated rings. The molecule has 0 radical (unpaired) electrons. The lowest BCUT2D eigenvalue weighted by atomic mass is 10.0. The van der Waals surface area contributed by atoms with E-state index in [0.29, 0.717) is 6.54 Å². The Morgan fingerprint density at radius 2 is 2.08 bits per heavy atom. The van der Waals surface area contributed by atoms with Crippen LogP contribution in [0.4, 0.5) is 0 Å². The number of nitrogens with zero attached hydrogens (tertiary/aromatic N) is 1. The summed E-state index contributed by atoms with van der Waals surface area (Å²) in [5, 5.41) is 18.5. The van der Waals surface area contributed by atoms with Crippen LogP contribution in [0.1, 0.15) is 20.8 Å². The molecular weight excluding hydrogens is 170 g/mol. The molecule has 0 saturated carbocycles. The number of hydrogen-bond donors (Lipinski definition) is 2. The predicted molar refractivity (Wildman–Crippen MR) is 48.4 cm³/mol. The van der Waals surface area contributed by atoms with Gasteiger partial charge in [0.1, 0.15) is 6.04 Å². The molecule has 4 nitrogen and oxygen atoms in total. The summed E-state index contributed by atoms with van der Waals surface area (Å²) in [7, 11) is 0. The number of carboxylic acids is 1. The Labute approximate surface area is 78.2 Å². The molecule has 0 bridgehead atoms. The fourth-order valence-electron chi connectivity index (χ4n) is 1.91. The Bertz CT molecular complexity index is 205. The SMILES string of the molecule is CC(C)N1C[C@H](O)[C@@H](C)[C@H]1C(=O)O. The average Bonchev–Trinajstić information content (AvgIpc) is 2.28. The van der Waals surface area contributed by atoms with Crippen molar-refractivity contribution in [3.63, 3.8) is 0 Å². The van der Waals surface area contributed by atoms with Crippen LogP contribution >= 0.6 is 0 Å². The monoisotopic (exact) mass is 187 g/mol. The van der Waals surface area contributed by atoms with Crippen LogP contribution in [0.5, 0.6) is 0 Å². The van der Waals surface area contributed by atoms with Crippen LogP contribution in [0, 0.1) is 5.92 Å². The molecule has 1 rings (SSSR count). The summed E-state index contributed by atoms with van der Waals surface area (Å²) < 4.78 is 0. The summed E-state index contributed by atoms with van der Waals surface area (Å²) in [6.45, 7) is 6.14. The van der Waals surface area contributed by atoms with Gasteiger partial charge in [-0.05, 0) is 13.8 Å². The number of hydrogen-bond acceptors (Lipinski definition) is 3. The van der Waals surface area contributed by atoms with Gasteiger partial charge in [0.25, 0.3) is 0 Å². The zero-order valence-corrected chi connectivity index (χ0v) is 8.27. The lowest BCUT2D eigenvalue weighted by Gasteiger charge is -2.26. The maximum absolute atomic E-state index is 10.9. The Kier molecular flexibility index (Phi) is 2.93. The van der Waals surface area contributed by atoms with Gasteiger partial charge in [-0.1, -0.05) is 6.92 Å². The van der Waals surface area contributed by atoms with E-state index in [1.807, 2.05) is 18.7 Å². The van der Waals surface area contributed by atoms with Gasteiger partial charge in [0.15, 0.2) is 0 Å². The third kappa shape index (κ3) is 1.84. The lowest BCUT2D eigenvalue weighted by molar-refractivity contribution is -0.144. The van der Waals surface area contributed by atoms with Gasteiger partial charge in [-0.3, -0.25) is 9.69 Å². The van der Waals surface area contributed by atoms with E-state index in [1.54, 1.807) is 6.92 Å². The van der Waals surface area contributed by atoms with Crippen molar-refractivity contribution in [1.29, 1.82) is 0 Å². The molecule has 0 aromatic rings. The molecule has 0 aliphatic carbocycles. The van der Waals surface area contributed by atoms with Crippen molar-refractivity contribution >= 4 is 5.97 Å². The van der Waals surface area contributed by atoms with E-state index in [0.717, 1.165) is 0 Å². The highest BCUT2D eigenvalue weighted by molar-refractivity contribution is 5.74. The number of carbonyl (C=O) groups is 1. The number of aliphatic hydroxyl groups is 1. The van der Waals surface area contributed by atoms with Crippen LogP contribution < -0.4 is 0 Å². The van der Waals surface area contributed by atoms with Crippen LogP contribution in [-0.4, -0.2) is 45.8 Å². The van der Waals surface area contributed by atoms with Crippen molar-refractivity contribution in [2.45, 2.75) is 39.0 Å². The highest BCUT2D eigenvalue weighted by Crippen LogP contribution is 2.26. The second kappa shape index (κ2) is 3.64. The zero-order valence-electron chi connectivity index (χ0n) is 8.27. The normalized spacial score (nSPS) is 35.6. The molecule has 0 amide bonds. The van der Waals surface area contributed by atoms with E-state index in [-0.39, 0.29) is 12.0 Å². The van der Waals surface area contributed by atoms with Crippen molar-refractivity contribution in [3.05, 3.63) is 0 Å². The first-order valence-electron chi connectivity index (χ1n) is 4.61. The second-order valence-electron chi connectivity index (χ2n) is 4.00. The number of carboxylic acid groups (broad SMARTS) is 1. The van der Waals surface area contributed by atoms with Crippen LogP contribution in [0.25, 0.3) is 0 Å². The summed E-state index contributed by atoms with van der Waals surface area (Å²) in [6, 6.07) is -0.365. The van der Waals surface area contributed by atoms with Crippen LogP contribution in [0.2, 0.25) is 0 Å². The van der Waals surface area contributed by atoms with Gasteiger partial charge in [0, 0.05) is 18.5 Å². The second-order valence-corrected chi connectivity index (χ2v) is 4.00. The molecule has 0 spiro atoms. The molecule has 3 atom stereocenters. The molecular formula is C9H17NO3. The first-order valence-corrected chi connectivity index (χ1v) is 4.61. The van der Waals surface area contributed by atoms with Gasteiger partial charge in [0.2, 0.25) is 0 Å². The number of aliphatic carboxylic acids is 1. The van der Waals surface area contributed by atoms with Crippen LogP contribution in [-0.2, 0) is 4.79 Å². The lowest BCUT2D eigenvalue weighted by Crippen LogP contribution is -2.42. The molecule has 4 heteroatoms. The largest absolute Gasteiger partial charge is 0.480 e. The van der Waals surface area contributed by atoms with Crippen molar-refractivity contribution in [1.82, 2.24) is 4.90 Å². The summed E-state index contributed by atoms with van der Waals surface area (Å²) in [5.41, 5.74) is 0. The average molecular weight is 187 g/mol. The highest BCUT2D eigenvalue weighted by Gasteiger charge is 2.43. The molecule has 1 aliphatic heterocycles. The van der Waals surface area contributed by atoms with Gasteiger partial charge in [0.05, 0.1) is 6.10 Å². The van der Waals surface area contributed by atoms with Crippen molar-refractivity contribution in [2.24, 2.45) is 5.92 Å². The molecule has 2 N–H and O–H groups in total. The first kappa shape index (κ1) is 10.5. The van der Waals surface area contributed by atoms with Gasteiger partial charge in [-0.25, -0.2) is 0 Å². The molecule has 13 heavy (non-hydrogen) atoms. The molecule has 76 valence electrons. The standard InChI is InChI=1S/C9H17NO3/c1-5(2)10-4-7(11)6(3)8(10)9(12)13/h5-8,11H,4H2,1-3H3,(H,12,13)/t6-,7+,8+/m1/s1. The first-order chi connectivity index (χ1) is 5.95. The zero-order chi connectivity index (χ0) is 10.2. The van der Waals surface area contributed by atoms with E-state index in [4.69, 9.17) is 5.11 Å². The minimum atomic E-state index is -0.835. The van der Waals surface area contributed by atoms with E-state index in [1.165, 1.54) is 0 Å². The van der Waals surface area contributed by atoms with Crippen molar-refractivity contribution < 1.29 is 15.0 Å². The minimum Gasteiger partial charge on any atom is -0.480 e. The number of β-amino-alcohol motifs (C(OH)–C–C–N with tert-alkyl or cyclic N) is 1. The van der Waals surface area contributed by atoms with E-state index in [2.05, 4.69) is 0 Å². The number of rotatable bonds is 2. The number of aliphatic hydroxyl groups excluding tert-OH is 1. The van der Waals surface area contributed by atoms with Gasteiger partial charge >= 0.3 is 5.97 Å². The maximum atomic E-state index is 10.9. The number of likely N-dealkylation sites (tertiary alicyclic amines) is 1. The van der Waals surface area contributed by atoms with E-state index < -0.39 is 18.1 Å². The fraction of sp³-hybridized carbons (Fsp3) is 0.889. The third-order valence-corrected chi connectivity index (χ3v) is 2.78.